The molecule has 11 heteroatoms. The van der Waals surface area contributed by atoms with Crippen LogP contribution in [0.25, 0.3) is 5.57 Å². The molecule has 0 bridgehead atoms. The van der Waals surface area contributed by atoms with Gasteiger partial charge in [0.15, 0.2) is 0 Å². The third-order valence-corrected chi connectivity index (χ3v) is 6.52. The average molecular weight is 480 g/mol. The SMILES string of the molecule is Cc1cc(F)ccc1C1=CCN(c2nc(C)n(Cc3ccc(C(F)(F)F)s3)c(=O)n2)C[C@@H]1O. The van der Waals surface area contributed by atoms with Gasteiger partial charge in [0.25, 0.3) is 0 Å². The van der Waals surface area contributed by atoms with Crippen molar-refractivity contribution in [3.05, 3.63) is 79.4 Å². The van der Waals surface area contributed by atoms with Crippen LogP contribution in [0, 0.1) is 19.7 Å². The van der Waals surface area contributed by atoms with Gasteiger partial charge >= 0.3 is 11.9 Å². The van der Waals surface area contributed by atoms with E-state index in [1.165, 1.54) is 22.8 Å². The zero-order valence-electron chi connectivity index (χ0n) is 17.7. The lowest BCUT2D eigenvalue weighted by atomic mass is 9.93. The molecule has 0 radical (unpaired) electrons. The van der Waals surface area contributed by atoms with Gasteiger partial charge in [-0.15, -0.1) is 11.3 Å². The number of aliphatic hydroxyl groups is 1. The minimum absolute atomic E-state index is 0.0672. The highest BCUT2D eigenvalue weighted by molar-refractivity contribution is 7.12. The highest BCUT2D eigenvalue weighted by Gasteiger charge is 2.32. The van der Waals surface area contributed by atoms with Crippen molar-refractivity contribution in [2.75, 3.05) is 18.0 Å². The summed E-state index contributed by atoms with van der Waals surface area (Å²) in [5.74, 6) is 0.0667. The Hall–Kier alpha value is -3.05. The maximum absolute atomic E-state index is 13.4. The van der Waals surface area contributed by atoms with Crippen LogP contribution in [0.5, 0.6) is 0 Å². The molecule has 6 nitrogen and oxygen atoms in total. The lowest BCUT2D eigenvalue weighted by Gasteiger charge is -2.31. The Morgan fingerprint density at radius 1 is 1.18 bits per heavy atom. The summed E-state index contributed by atoms with van der Waals surface area (Å²) in [6.07, 6.45) is -3.55. The molecule has 0 saturated heterocycles. The second kappa shape index (κ2) is 8.71. The van der Waals surface area contributed by atoms with Crippen molar-refractivity contribution in [2.45, 2.75) is 32.7 Å². The smallest absolute Gasteiger partial charge is 0.387 e. The van der Waals surface area contributed by atoms with Gasteiger partial charge in [-0.05, 0) is 54.8 Å². The Kier molecular flexibility index (Phi) is 6.10. The summed E-state index contributed by atoms with van der Waals surface area (Å²) >= 11 is 0.570. The molecule has 33 heavy (non-hydrogen) atoms. The molecule has 3 aromatic rings. The number of aromatic nitrogens is 3. The molecule has 0 aliphatic carbocycles. The predicted molar refractivity (Wildman–Crippen MR) is 117 cm³/mol. The molecule has 0 fully saturated rings. The summed E-state index contributed by atoms with van der Waals surface area (Å²) in [6, 6.07) is 6.66. The van der Waals surface area contributed by atoms with Gasteiger partial charge in [0.2, 0.25) is 5.95 Å². The summed E-state index contributed by atoms with van der Waals surface area (Å²) in [6.45, 7) is 3.73. The average Bonchev–Trinajstić information content (AvgIpc) is 3.20. The molecule has 1 aliphatic heterocycles. The number of alkyl halides is 3. The fourth-order valence-electron chi connectivity index (χ4n) is 3.74. The first-order valence-corrected chi connectivity index (χ1v) is 10.9. The van der Waals surface area contributed by atoms with Crippen LogP contribution in [0.3, 0.4) is 0 Å². The van der Waals surface area contributed by atoms with Gasteiger partial charge in [0.1, 0.15) is 16.5 Å². The molecule has 0 saturated carbocycles. The number of nitrogens with zero attached hydrogens (tertiary/aromatic N) is 4. The van der Waals surface area contributed by atoms with Crippen molar-refractivity contribution in [1.29, 1.82) is 0 Å². The van der Waals surface area contributed by atoms with Crippen LogP contribution < -0.4 is 10.6 Å². The Balaban J connectivity index is 1.55. The first-order valence-electron chi connectivity index (χ1n) is 10.0. The van der Waals surface area contributed by atoms with E-state index >= 15 is 0 Å². The van der Waals surface area contributed by atoms with Crippen molar-refractivity contribution in [1.82, 2.24) is 14.5 Å². The second-order valence-electron chi connectivity index (χ2n) is 7.74. The number of aliphatic hydroxyl groups excluding tert-OH is 1. The van der Waals surface area contributed by atoms with Crippen LogP contribution in [-0.4, -0.2) is 38.8 Å². The summed E-state index contributed by atoms with van der Waals surface area (Å²) in [5.41, 5.74) is 1.46. The summed E-state index contributed by atoms with van der Waals surface area (Å²) in [5, 5.41) is 10.7. The van der Waals surface area contributed by atoms with Crippen LogP contribution >= 0.6 is 11.3 Å². The van der Waals surface area contributed by atoms with E-state index in [0.29, 0.717) is 39.7 Å². The van der Waals surface area contributed by atoms with Gasteiger partial charge in [0.05, 0.1) is 19.2 Å². The number of benzene rings is 1. The standard InChI is InChI=1S/C22H20F4N4O2S/c1-12-9-14(23)3-5-16(12)17-7-8-29(11-18(17)31)20-27-13(2)30(21(32)28-20)10-15-4-6-19(33-15)22(24,25)26/h3-7,9,18,31H,8,10-11H2,1-2H3/t18-/m0/s1. The monoisotopic (exact) mass is 480 g/mol. The van der Waals surface area contributed by atoms with E-state index in [0.717, 1.165) is 11.6 Å². The number of aryl methyl sites for hydroxylation is 2. The van der Waals surface area contributed by atoms with Crippen LogP contribution in [0.2, 0.25) is 0 Å². The Morgan fingerprint density at radius 2 is 1.94 bits per heavy atom. The van der Waals surface area contributed by atoms with Crippen molar-refractivity contribution in [2.24, 2.45) is 0 Å². The number of anilines is 1. The number of hydrogen-bond acceptors (Lipinski definition) is 6. The molecule has 0 spiro atoms. The molecular formula is C22H20F4N4O2S. The number of thiophene rings is 1. The highest BCUT2D eigenvalue weighted by atomic mass is 32.1. The first-order chi connectivity index (χ1) is 15.5. The van der Waals surface area contributed by atoms with Crippen LogP contribution in [0.15, 0.2) is 41.2 Å². The van der Waals surface area contributed by atoms with Crippen molar-refractivity contribution in [3.63, 3.8) is 0 Å². The summed E-state index contributed by atoms with van der Waals surface area (Å²) < 4.78 is 53.1. The fraction of sp³-hybridized carbons (Fsp3) is 0.318. The molecule has 2 aromatic heterocycles. The van der Waals surface area contributed by atoms with E-state index < -0.39 is 22.8 Å². The maximum atomic E-state index is 13.4. The maximum Gasteiger partial charge on any atom is 0.425 e. The molecule has 3 heterocycles. The van der Waals surface area contributed by atoms with E-state index in [9.17, 15) is 27.5 Å². The molecule has 1 atom stereocenters. The van der Waals surface area contributed by atoms with E-state index in [2.05, 4.69) is 9.97 Å². The lowest BCUT2D eigenvalue weighted by Crippen LogP contribution is -2.40. The van der Waals surface area contributed by atoms with Gasteiger partial charge in [-0.3, -0.25) is 4.57 Å². The summed E-state index contributed by atoms with van der Waals surface area (Å²) in [7, 11) is 0. The second-order valence-corrected chi connectivity index (χ2v) is 8.91. The molecule has 1 aromatic carbocycles. The topological polar surface area (TPSA) is 71.2 Å². The Morgan fingerprint density at radius 3 is 2.55 bits per heavy atom. The van der Waals surface area contributed by atoms with Crippen molar-refractivity contribution < 1.29 is 22.7 Å². The normalized spacial score (nSPS) is 16.8. The van der Waals surface area contributed by atoms with E-state index in [1.807, 2.05) is 0 Å². The van der Waals surface area contributed by atoms with Gasteiger partial charge in [-0.25, -0.2) is 9.18 Å². The summed E-state index contributed by atoms with van der Waals surface area (Å²) in [4.78, 5) is 22.2. The highest BCUT2D eigenvalue weighted by Crippen LogP contribution is 2.35. The molecule has 0 unspecified atom stereocenters. The van der Waals surface area contributed by atoms with Gasteiger partial charge in [0, 0.05) is 11.4 Å². The number of β-amino-alcohol motifs (C(OH)–C–C–N with tert-alkyl or cyclic N) is 1. The minimum atomic E-state index is -4.43. The molecular weight excluding hydrogens is 460 g/mol. The van der Waals surface area contributed by atoms with E-state index in [-0.39, 0.29) is 24.9 Å². The third-order valence-electron chi connectivity index (χ3n) is 5.40. The largest absolute Gasteiger partial charge is 0.425 e. The first kappa shape index (κ1) is 23.1. The quantitative estimate of drug-likeness (QED) is 0.576. The number of halogens is 4. The number of rotatable bonds is 4. The Bertz CT molecular complexity index is 1280. The van der Waals surface area contributed by atoms with E-state index in [4.69, 9.17) is 0 Å². The molecule has 1 aliphatic rings. The zero-order valence-corrected chi connectivity index (χ0v) is 18.5. The molecule has 4 rings (SSSR count). The molecule has 174 valence electrons. The van der Waals surface area contributed by atoms with Gasteiger partial charge < -0.3 is 10.0 Å². The zero-order chi connectivity index (χ0) is 23.9. The van der Waals surface area contributed by atoms with Crippen LogP contribution in [0.1, 0.15) is 26.7 Å². The number of hydrogen-bond donors (Lipinski definition) is 1. The minimum Gasteiger partial charge on any atom is -0.387 e. The van der Waals surface area contributed by atoms with Crippen LogP contribution in [0.4, 0.5) is 23.5 Å². The van der Waals surface area contributed by atoms with Crippen molar-refractivity contribution >= 4 is 22.9 Å². The van der Waals surface area contributed by atoms with Crippen molar-refractivity contribution in [3.8, 4) is 0 Å². The predicted octanol–water partition coefficient (Wildman–Crippen LogP) is 3.79. The van der Waals surface area contributed by atoms with E-state index in [1.54, 1.807) is 30.9 Å². The molecule has 1 N–H and O–H groups in total. The fourth-order valence-corrected chi connectivity index (χ4v) is 4.60. The Labute approximate surface area is 190 Å². The third kappa shape index (κ3) is 4.83. The van der Waals surface area contributed by atoms with Gasteiger partial charge in [-0.2, -0.15) is 23.1 Å². The molecule has 0 amide bonds. The van der Waals surface area contributed by atoms with Gasteiger partial charge in [-0.1, -0.05) is 12.1 Å². The van der Waals surface area contributed by atoms with Crippen LogP contribution in [-0.2, 0) is 12.7 Å². The lowest BCUT2D eigenvalue weighted by molar-refractivity contribution is -0.134.